The number of hydrogen-bond donors (Lipinski definition) is 0. The van der Waals surface area contributed by atoms with Gasteiger partial charge in [0.1, 0.15) is 6.61 Å². The Morgan fingerprint density at radius 3 is 2.42 bits per heavy atom. The van der Waals surface area contributed by atoms with E-state index in [1.807, 2.05) is 30.1 Å². The number of benzene rings is 2. The number of hydrogen-bond acceptors (Lipinski definition) is 9. The molecule has 33 heavy (non-hydrogen) atoms. The molecule has 1 aromatic heterocycles. The van der Waals surface area contributed by atoms with Crippen LogP contribution in [0.5, 0.6) is 11.5 Å². The van der Waals surface area contributed by atoms with Gasteiger partial charge in [-0.15, -0.1) is 0 Å². The standard InChI is InChI=1S/C24H25N3O6/c1-27(5-4-20-31-6-7-32-20)24-25-11-16(12-26-24)21-17-10-19(30-3)18(29-2)9-14(17)8-15-13-33-23(28)22(15)21/h8-12,20H,4-7,13H2,1-3H3. The largest absolute Gasteiger partial charge is 0.493 e. The Morgan fingerprint density at radius 1 is 1.03 bits per heavy atom. The maximum absolute atomic E-state index is 12.6. The van der Waals surface area contributed by atoms with Gasteiger partial charge in [-0.1, -0.05) is 0 Å². The second kappa shape index (κ2) is 8.84. The number of aromatic nitrogens is 2. The van der Waals surface area contributed by atoms with E-state index < -0.39 is 0 Å². The third kappa shape index (κ3) is 3.94. The molecule has 2 aliphatic rings. The summed E-state index contributed by atoms with van der Waals surface area (Å²) in [5.74, 6) is 1.42. The fraction of sp³-hybridized carbons (Fsp3) is 0.375. The molecule has 0 radical (unpaired) electrons. The number of ether oxygens (including phenoxy) is 5. The Hall–Kier alpha value is -3.43. The average Bonchev–Trinajstić information content (AvgIpc) is 3.50. The van der Waals surface area contributed by atoms with Crippen molar-refractivity contribution in [2.75, 3.05) is 45.9 Å². The van der Waals surface area contributed by atoms with Crippen molar-refractivity contribution >= 4 is 22.7 Å². The van der Waals surface area contributed by atoms with Crippen LogP contribution in [-0.4, -0.2) is 63.3 Å². The number of rotatable bonds is 7. The molecule has 0 atom stereocenters. The van der Waals surface area contributed by atoms with Gasteiger partial charge in [0.05, 0.1) is 33.0 Å². The van der Waals surface area contributed by atoms with Crippen molar-refractivity contribution in [3.8, 4) is 22.6 Å². The molecule has 0 unspecified atom stereocenters. The number of fused-ring (bicyclic) bond motifs is 2. The lowest BCUT2D eigenvalue weighted by Crippen LogP contribution is -2.25. The van der Waals surface area contributed by atoms with Crippen LogP contribution in [0, 0.1) is 0 Å². The van der Waals surface area contributed by atoms with Gasteiger partial charge in [0.2, 0.25) is 5.95 Å². The van der Waals surface area contributed by atoms with Crippen LogP contribution in [0.3, 0.4) is 0 Å². The molecule has 5 rings (SSSR count). The summed E-state index contributed by atoms with van der Waals surface area (Å²) in [5, 5.41) is 1.75. The van der Waals surface area contributed by atoms with E-state index in [-0.39, 0.29) is 18.9 Å². The lowest BCUT2D eigenvalue weighted by atomic mass is 9.91. The SMILES string of the molecule is COc1cc2cc3c(c(-c4cnc(N(C)CCC5OCCO5)nc4)c2cc1OC)C(=O)OC3. The van der Waals surface area contributed by atoms with Crippen LogP contribution < -0.4 is 14.4 Å². The number of methoxy groups -OCH3 is 2. The van der Waals surface area contributed by atoms with Gasteiger partial charge >= 0.3 is 5.97 Å². The predicted molar refractivity (Wildman–Crippen MR) is 121 cm³/mol. The number of carbonyl (C=O) groups is 1. The summed E-state index contributed by atoms with van der Waals surface area (Å²) < 4.78 is 27.3. The van der Waals surface area contributed by atoms with Gasteiger partial charge in [0.15, 0.2) is 17.8 Å². The molecule has 2 aliphatic heterocycles. The summed E-state index contributed by atoms with van der Waals surface area (Å²) in [6.45, 7) is 2.19. The first-order chi connectivity index (χ1) is 16.1. The number of esters is 1. The van der Waals surface area contributed by atoms with E-state index in [0.29, 0.717) is 42.8 Å². The van der Waals surface area contributed by atoms with Gasteiger partial charge in [-0.25, -0.2) is 14.8 Å². The molecule has 0 amide bonds. The molecular formula is C24H25N3O6. The number of anilines is 1. The van der Waals surface area contributed by atoms with Crippen molar-refractivity contribution in [2.24, 2.45) is 0 Å². The van der Waals surface area contributed by atoms with E-state index in [1.165, 1.54) is 0 Å². The molecule has 1 saturated heterocycles. The number of carbonyl (C=O) groups excluding carboxylic acids is 1. The highest BCUT2D eigenvalue weighted by Crippen LogP contribution is 2.42. The first kappa shape index (κ1) is 21.4. The number of cyclic esters (lactones) is 1. The van der Waals surface area contributed by atoms with Gasteiger partial charge in [0.25, 0.3) is 0 Å². The topological polar surface area (TPSA) is 92.2 Å². The van der Waals surface area contributed by atoms with Gasteiger partial charge < -0.3 is 28.6 Å². The second-order valence-corrected chi connectivity index (χ2v) is 7.94. The Kier molecular flexibility index (Phi) is 5.74. The lowest BCUT2D eigenvalue weighted by molar-refractivity contribution is -0.0447. The molecule has 1 fully saturated rings. The minimum absolute atomic E-state index is 0.178. The first-order valence-corrected chi connectivity index (χ1v) is 10.7. The van der Waals surface area contributed by atoms with Gasteiger partial charge in [0, 0.05) is 49.1 Å². The van der Waals surface area contributed by atoms with E-state index in [0.717, 1.165) is 33.9 Å². The monoisotopic (exact) mass is 451 g/mol. The lowest BCUT2D eigenvalue weighted by Gasteiger charge is -2.19. The molecule has 0 N–H and O–H groups in total. The molecular weight excluding hydrogens is 426 g/mol. The van der Waals surface area contributed by atoms with E-state index in [2.05, 4.69) is 9.97 Å². The van der Waals surface area contributed by atoms with Crippen LogP contribution >= 0.6 is 0 Å². The molecule has 0 aliphatic carbocycles. The summed E-state index contributed by atoms with van der Waals surface area (Å²) in [6, 6.07) is 5.73. The second-order valence-electron chi connectivity index (χ2n) is 7.94. The summed E-state index contributed by atoms with van der Waals surface area (Å²) in [5.41, 5.74) is 2.82. The minimum Gasteiger partial charge on any atom is -0.493 e. The zero-order valence-electron chi connectivity index (χ0n) is 18.8. The van der Waals surface area contributed by atoms with Crippen LogP contribution in [0.15, 0.2) is 30.6 Å². The van der Waals surface area contributed by atoms with E-state index in [4.69, 9.17) is 23.7 Å². The highest BCUT2D eigenvalue weighted by atomic mass is 16.7. The zero-order valence-corrected chi connectivity index (χ0v) is 18.8. The number of nitrogens with zero attached hydrogens (tertiary/aromatic N) is 3. The fourth-order valence-electron chi connectivity index (χ4n) is 4.27. The van der Waals surface area contributed by atoms with Crippen molar-refractivity contribution in [3.05, 3.63) is 41.7 Å². The Balaban J connectivity index is 1.53. The van der Waals surface area contributed by atoms with Crippen LogP contribution in [0.1, 0.15) is 22.3 Å². The van der Waals surface area contributed by atoms with Gasteiger partial charge in [-0.2, -0.15) is 0 Å². The third-order valence-electron chi connectivity index (χ3n) is 5.95. The predicted octanol–water partition coefficient (Wildman–Crippen LogP) is 3.18. The van der Waals surface area contributed by atoms with Crippen molar-refractivity contribution in [3.63, 3.8) is 0 Å². The zero-order chi connectivity index (χ0) is 22.9. The fourth-order valence-corrected chi connectivity index (χ4v) is 4.27. The van der Waals surface area contributed by atoms with Crippen LogP contribution in [0.4, 0.5) is 5.95 Å². The molecule has 2 aromatic carbocycles. The summed E-state index contributed by atoms with van der Waals surface area (Å²) >= 11 is 0. The van der Waals surface area contributed by atoms with Gasteiger partial charge in [-0.3, -0.25) is 0 Å². The molecule has 0 bridgehead atoms. The average molecular weight is 451 g/mol. The van der Waals surface area contributed by atoms with E-state index in [9.17, 15) is 4.79 Å². The van der Waals surface area contributed by atoms with E-state index in [1.54, 1.807) is 26.6 Å². The van der Waals surface area contributed by atoms with E-state index >= 15 is 0 Å². The molecule has 9 nitrogen and oxygen atoms in total. The Bertz CT molecular complexity index is 1190. The Morgan fingerprint density at radius 2 is 1.73 bits per heavy atom. The normalized spacial score (nSPS) is 15.5. The van der Waals surface area contributed by atoms with Gasteiger partial charge in [-0.05, 0) is 29.0 Å². The first-order valence-electron chi connectivity index (χ1n) is 10.7. The molecule has 172 valence electrons. The molecule has 9 heteroatoms. The third-order valence-corrected chi connectivity index (χ3v) is 5.95. The van der Waals surface area contributed by atoms with Crippen LogP contribution in [0.2, 0.25) is 0 Å². The summed E-state index contributed by atoms with van der Waals surface area (Å²) in [4.78, 5) is 23.7. The maximum atomic E-state index is 12.6. The van der Waals surface area contributed by atoms with Crippen molar-refractivity contribution in [1.29, 1.82) is 0 Å². The summed E-state index contributed by atoms with van der Waals surface area (Å²) in [6.07, 6.45) is 4.02. The molecule has 0 saturated carbocycles. The quantitative estimate of drug-likeness (QED) is 0.502. The van der Waals surface area contributed by atoms with Crippen molar-refractivity contribution < 1.29 is 28.5 Å². The van der Waals surface area contributed by atoms with Crippen molar-refractivity contribution in [1.82, 2.24) is 9.97 Å². The highest BCUT2D eigenvalue weighted by Gasteiger charge is 2.29. The molecule has 3 aromatic rings. The Labute approximate surface area is 191 Å². The maximum Gasteiger partial charge on any atom is 0.339 e. The highest BCUT2D eigenvalue weighted by molar-refractivity contribution is 6.11. The van der Waals surface area contributed by atoms with Crippen LogP contribution in [-0.2, 0) is 20.8 Å². The minimum atomic E-state index is -0.352. The summed E-state index contributed by atoms with van der Waals surface area (Å²) in [7, 11) is 5.10. The van der Waals surface area contributed by atoms with Crippen molar-refractivity contribution in [2.45, 2.75) is 19.3 Å². The molecule has 3 heterocycles. The van der Waals surface area contributed by atoms with Crippen LogP contribution in [0.25, 0.3) is 21.9 Å². The molecule has 0 spiro atoms. The smallest absolute Gasteiger partial charge is 0.339 e.